The summed E-state index contributed by atoms with van der Waals surface area (Å²) >= 11 is 0. The van der Waals surface area contributed by atoms with Crippen LogP contribution in [0.15, 0.2) is 0 Å². The highest BCUT2D eigenvalue weighted by atomic mass is 16.6. The average molecular weight is 285 g/mol. The van der Waals surface area contributed by atoms with E-state index in [-0.39, 0.29) is 18.5 Å². The molecule has 0 bridgehead atoms. The van der Waals surface area contributed by atoms with Crippen molar-refractivity contribution in [3.8, 4) is 0 Å². The number of carbonyl (C=O) groups excluding carboxylic acids is 2. The van der Waals surface area contributed by atoms with Gasteiger partial charge in [0.05, 0.1) is 19.8 Å². The quantitative estimate of drug-likeness (QED) is 0.700. The molecule has 1 amide bonds. The molecule has 0 spiro atoms. The molecule has 20 heavy (non-hydrogen) atoms. The van der Waals surface area contributed by atoms with Gasteiger partial charge in [-0.05, 0) is 33.6 Å². The second kappa shape index (κ2) is 6.10. The molecule has 0 aliphatic carbocycles. The fraction of sp³-hybridized carbons (Fsp3) is 0.857. The SMILES string of the molecule is CC(C)(C)OC(=O)[C@@H]1CCCN1C(=O)C1COCCO1. The Bertz CT molecular complexity index is 370. The molecular weight excluding hydrogens is 262 g/mol. The largest absolute Gasteiger partial charge is 0.458 e. The van der Waals surface area contributed by atoms with Crippen LogP contribution in [0.2, 0.25) is 0 Å². The minimum absolute atomic E-state index is 0.168. The first-order valence-electron chi connectivity index (χ1n) is 7.11. The van der Waals surface area contributed by atoms with Crippen LogP contribution in [0.1, 0.15) is 33.6 Å². The predicted octanol–water partition coefficient (Wildman–Crippen LogP) is 0.734. The fourth-order valence-electron chi connectivity index (χ4n) is 2.46. The van der Waals surface area contributed by atoms with Gasteiger partial charge in [0, 0.05) is 6.54 Å². The summed E-state index contributed by atoms with van der Waals surface area (Å²) in [6.07, 6.45) is 0.865. The topological polar surface area (TPSA) is 65.1 Å². The number of likely N-dealkylation sites (tertiary alicyclic amines) is 1. The first-order valence-corrected chi connectivity index (χ1v) is 7.11. The molecule has 0 aromatic heterocycles. The zero-order chi connectivity index (χ0) is 14.8. The Balaban J connectivity index is 1.99. The Hall–Kier alpha value is -1.14. The van der Waals surface area contributed by atoms with Gasteiger partial charge in [0.1, 0.15) is 11.6 Å². The molecule has 2 heterocycles. The molecule has 0 aromatic rings. The number of rotatable bonds is 2. The minimum Gasteiger partial charge on any atom is -0.458 e. The van der Waals surface area contributed by atoms with Crippen LogP contribution in [0, 0.1) is 0 Å². The molecule has 1 unspecified atom stereocenters. The van der Waals surface area contributed by atoms with Crippen molar-refractivity contribution in [2.45, 2.75) is 51.4 Å². The summed E-state index contributed by atoms with van der Waals surface area (Å²) in [5.74, 6) is -0.502. The number of ether oxygens (including phenoxy) is 3. The number of amides is 1. The Morgan fingerprint density at radius 3 is 2.60 bits per heavy atom. The summed E-state index contributed by atoms with van der Waals surface area (Å²) < 4.78 is 16.0. The van der Waals surface area contributed by atoms with Crippen molar-refractivity contribution in [1.29, 1.82) is 0 Å². The van der Waals surface area contributed by atoms with Crippen molar-refractivity contribution in [3.05, 3.63) is 0 Å². The molecule has 0 saturated carbocycles. The first kappa shape index (κ1) is 15.3. The highest BCUT2D eigenvalue weighted by Gasteiger charge is 2.40. The maximum absolute atomic E-state index is 12.4. The van der Waals surface area contributed by atoms with Crippen LogP contribution < -0.4 is 0 Å². The standard InChI is InChI=1S/C14H23NO5/c1-14(2,3)20-13(17)10-5-4-6-15(10)12(16)11-9-18-7-8-19-11/h10-11H,4-9H2,1-3H3/t10-,11?/m0/s1. The average Bonchev–Trinajstić information content (AvgIpc) is 2.86. The summed E-state index contributed by atoms with van der Waals surface area (Å²) in [7, 11) is 0. The first-order chi connectivity index (χ1) is 9.38. The van der Waals surface area contributed by atoms with E-state index >= 15 is 0 Å². The lowest BCUT2D eigenvalue weighted by molar-refractivity contribution is -0.170. The van der Waals surface area contributed by atoms with E-state index in [1.54, 1.807) is 4.90 Å². The van der Waals surface area contributed by atoms with E-state index in [2.05, 4.69) is 0 Å². The lowest BCUT2D eigenvalue weighted by atomic mass is 10.1. The highest BCUT2D eigenvalue weighted by molar-refractivity contribution is 5.88. The third-order valence-electron chi connectivity index (χ3n) is 3.31. The molecule has 0 N–H and O–H groups in total. The summed E-state index contributed by atoms with van der Waals surface area (Å²) in [5.41, 5.74) is -0.543. The van der Waals surface area contributed by atoms with E-state index in [0.717, 1.165) is 6.42 Å². The van der Waals surface area contributed by atoms with Crippen molar-refractivity contribution in [2.24, 2.45) is 0 Å². The summed E-state index contributed by atoms with van der Waals surface area (Å²) in [6, 6.07) is -0.493. The van der Waals surface area contributed by atoms with Gasteiger partial charge in [-0.2, -0.15) is 0 Å². The molecule has 2 atom stereocenters. The maximum Gasteiger partial charge on any atom is 0.329 e. The van der Waals surface area contributed by atoms with Gasteiger partial charge in [-0.3, -0.25) is 4.79 Å². The van der Waals surface area contributed by atoms with Gasteiger partial charge in [0.15, 0.2) is 6.10 Å². The van der Waals surface area contributed by atoms with E-state index in [9.17, 15) is 9.59 Å². The molecule has 2 rings (SSSR count). The Morgan fingerprint density at radius 2 is 2.00 bits per heavy atom. The van der Waals surface area contributed by atoms with Gasteiger partial charge >= 0.3 is 5.97 Å². The number of hydrogen-bond acceptors (Lipinski definition) is 5. The maximum atomic E-state index is 12.4. The lowest BCUT2D eigenvalue weighted by Crippen LogP contribution is -2.50. The van der Waals surface area contributed by atoms with Crippen molar-refractivity contribution in [2.75, 3.05) is 26.4 Å². The Labute approximate surface area is 119 Å². The normalized spacial score (nSPS) is 27.4. The van der Waals surface area contributed by atoms with Gasteiger partial charge in [0.25, 0.3) is 5.91 Å². The highest BCUT2D eigenvalue weighted by Crippen LogP contribution is 2.23. The second-order valence-electron chi connectivity index (χ2n) is 6.16. The van der Waals surface area contributed by atoms with Crippen LogP contribution in [0.4, 0.5) is 0 Å². The minimum atomic E-state index is -0.591. The third-order valence-corrected chi connectivity index (χ3v) is 3.31. The molecule has 0 radical (unpaired) electrons. The van der Waals surface area contributed by atoms with E-state index < -0.39 is 17.7 Å². The van der Waals surface area contributed by atoms with Crippen molar-refractivity contribution in [3.63, 3.8) is 0 Å². The molecule has 2 aliphatic rings. The zero-order valence-electron chi connectivity index (χ0n) is 12.4. The molecule has 114 valence electrons. The molecule has 6 nitrogen and oxygen atoms in total. The molecular formula is C14H23NO5. The van der Waals surface area contributed by atoms with Gasteiger partial charge in [-0.25, -0.2) is 4.79 Å². The predicted molar refractivity (Wildman–Crippen MR) is 71.1 cm³/mol. The smallest absolute Gasteiger partial charge is 0.329 e. The van der Waals surface area contributed by atoms with E-state index in [4.69, 9.17) is 14.2 Å². The van der Waals surface area contributed by atoms with Crippen LogP contribution in [0.3, 0.4) is 0 Å². The lowest BCUT2D eigenvalue weighted by Gasteiger charge is -2.31. The number of nitrogens with zero attached hydrogens (tertiary/aromatic N) is 1. The van der Waals surface area contributed by atoms with Crippen LogP contribution >= 0.6 is 0 Å². The molecule has 2 fully saturated rings. The second-order valence-corrected chi connectivity index (χ2v) is 6.16. The number of esters is 1. The van der Waals surface area contributed by atoms with Gasteiger partial charge < -0.3 is 19.1 Å². The number of carbonyl (C=O) groups is 2. The van der Waals surface area contributed by atoms with Gasteiger partial charge in [0.2, 0.25) is 0 Å². The fourth-order valence-corrected chi connectivity index (χ4v) is 2.46. The summed E-state index contributed by atoms with van der Waals surface area (Å²) in [6.45, 7) is 7.23. The van der Waals surface area contributed by atoms with Crippen LogP contribution in [-0.2, 0) is 23.8 Å². The summed E-state index contributed by atoms with van der Waals surface area (Å²) in [4.78, 5) is 26.1. The van der Waals surface area contributed by atoms with Gasteiger partial charge in [-0.15, -0.1) is 0 Å². The summed E-state index contributed by atoms with van der Waals surface area (Å²) in [5, 5.41) is 0. The van der Waals surface area contributed by atoms with Crippen LogP contribution in [-0.4, -0.2) is 60.9 Å². The Kier molecular flexibility index (Phi) is 4.65. The van der Waals surface area contributed by atoms with E-state index in [1.807, 2.05) is 20.8 Å². The monoisotopic (exact) mass is 285 g/mol. The third kappa shape index (κ3) is 3.70. The number of hydrogen-bond donors (Lipinski definition) is 0. The Morgan fingerprint density at radius 1 is 1.25 bits per heavy atom. The molecule has 2 aliphatic heterocycles. The molecule has 6 heteroatoms. The van der Waals surface area contributed by atoms with E-state index in [1.165, 1.54) is 0 Å². The van der Waals surface area contributed by atoms with Crippen molar-refractivity contribution in [1.82, 2.24) is 4.90 Å². The van der Waals surface area contributed by atoms with Crippen molar-refractivity contribution < 1.29 is 23.8 Å². The molecule has 0 aromatic carbocycles. The van der Waals surface area contributed by atoms with Crippen LogP contribution in [0.5, 0.6) is 0 Å². The van der Waals surface area contributed by atoms with Crippen molar-refractivity contribution >= 4 is 11.9 Å². The van der Waals surface area contributed by atoms with E-state index in [0.29, 0.717) is 26.2 Å². The van der Waals surface area contributed by atoms with Crippen LogP contribution in [0.25, 0.3) is 0 Å². The zero-order valence-corrected chi connectivity index (χ0v) is 12.4. The molecule has 2 saturated heterocycles. The van der Waals surface area contributed by atoms with Gasteiger partial charge in [-0.1, -0.05) is 0 Å².